The van der Waals surface area contributed by atoms with E-state index in [1.165, 1.54) is 0 Å². The molecule has 0 heterocycles. The van der Waals surface area contributed by atoms with Crippen molar-refractivity contribution in [1.82, 2.24) is 0 Å². The van der Waals surface area contributed by atoms with Gasteiger partial charge in [-0.3, -0.25) is 0 Å². The van der Waals surface area contributed by atoms with Crippen LogP contribution in [0.1, 0.15) is 25.7 Å². The zero-order valence-electron chi connectivity index (χ0n) is 10.1. The SMILES string of the molecule is C1#C/C=C\C=C\C#CCCC#CC#CCCC#C1. The predicted octanol–water partition coefficient (Wildman–Crippen LogP) is 2.69. The molecule has 0 aliphatic heterocycles. The lowest BCUT2D eigenvalue weighted by atomic mass is 10.3. The Bertz CT molecular complexity index is 615. The van der Waals surface area contributed by atoms with Gasteiger partial charge in [0.25, 0.3) is 0 Å². The fourth-order valence-corrected chi connectivity index (χ4v) is 0.986. The van der Waals surface area contributed by atoms with Crippen LogP contribution in [-0.4, -0.2) is 0 Å². The van der Waals surface area contributed by atoms with E-state index in [-0.39, 0.29) is 0 Å². The number of rotatable bonds is 0. The van der Waals surface area contributed by atoms with Crippen LogP contribution in [0.5, 0.6) is 0 Å². The molecule has 0 heteroatoms. The van der Waals surface area contributed by atoms with Crippen LogP contribution in [0.2, 0.25) is 0 Å². The first-order valence-corrected chi connectivity index (χ1v) is 5.74. The van der Waals surface area contributed by atoms with Gasteiger partial charge in [-0.25, -0.2) is 0 Å². The summed E-state index contributed by atoms with van der Waals surface area (Å²) in [7, 11) is 0. The molecule has 0 bridgehead atoms. The molecule has 0 saturated heterocycles. The van der Waals surface area contributed by atoms with Crippen molar-refractivity contribution in [3.63, 3.8) is 0 Å². The van der Waals surface area contributed by atoms with Gasteiger partial charge < -0.3 is 0 Å². The lowest BCUT2D eigenvalue weighted by Gasteiger charge is -1.77. The van der Waals surface area contributed by atoms with Crippen molar-refractivity contribution in [2.45, 2.75) is 25.7 Å². The highest BCUT2D eigenvalue weighted by Crippen LogP contribution is 1.85. The average molecular weight is 228 g/mol. The fraction of sp³-hybridized carbons (Fsp3) is 0.222. The lowest BCUT2D eigenvalue weighted by Crippen LogP contribution is -1.67. The highest BCUT2D eigenvalue weighted by molar-refractivity contribution is 5.33. The molecule has 84 valence electrons. The molecule has 0 fully saturated rings. The molecule has 18 heavy (non-hydrogen) atoms. The van der Waals surface area contributed by atoms with Crippen LogP contribution in [0.4, 0.5) is 0 Å². The molecule has 1 aliphatic rings. The summed E-state index contributed by atoms with van der Waals surface area (Å²) in [5.74, 6) is 28.8. The van der Waals surface area contributed by atoms with Crippen LogP contribution in [-0.2, 0) is 0 Å². The molecule has 0 radical (unpaired) electrons. The quantitative estimate of drug-likeness (QED) is 0.559. The Kier molecular flexibility index (Phi) is 8.00. The maximum absolute atomic E-state index is 3.01. The Morgan fingerprint density at radius 3 is 1.67 bits per heavy atom. The van der Waals surface area contributed by atoms with Crippen molar-refractivity contribution in [1.29, 1.82) is 0 Å². The average Bonchev–Trinajstić information content (AvgIpc) is 2.39. The normalized spacial score (nSPS) is 16.9. The Hall–Kier alpha value is -2.72. The predicted molar refractivity (Wildman–Crippen MR) is 75.6 cm³/mol. The van der Waals surface area contributed by atoms with Crippen LogP contribution in [0.3, 0.4) is 0 Å². The minimum absolute atomic E-state index is 0.735. The van der Waals surface area contributed by atoms with Gasteiger partial charge in [0, 0.05) is 25.7 Å². The van der Waals surface area contributed by atoms with E-state index in [4.69, 9.17) is 0 Å². The summed E-state index contributed by atoms with van der Waals surface area (Å²) in [5.41, 5.74) is 0. The molecule has 0 amide bonds. The highest BCUT2D eigenvalue weighted by atomic mass is 13.8. The van der Waals surface area contributed by atoms with E-state index in [1.807, 2.05) is 12.2 Å². The summed E-state index contributed by atoms with van der Waals surface area (Å²) in [4.78, 5) is 0. The number of allylic oxidation sites excluding steroid dienone is 4. The van der Waals surface area contributed by atoms with Crippen molar-refractivity contribution in [3.05, 3.63) is 24.3 Å². The van der Waals surface area contributed by atoms with Gasteiger partial charge in [-0.05, 0) is 35.8 Å². The zero-order chi connectivity index (χ0) is 12.7. The highest BCUT2D eigenvalue weighted by Gasteiger charge is 1.74. The van der Waals surface area contributed by atoms with Crippen LogP contribution in [0, 0.1) is 59.2 Å². The second-order valence-corrected chi connectivity index (χ2v) is 3.21. The molecule has 0 N–H and O–H groups in total. The lowest BCUT2D eigenvalue weighted by molar-refractivity contribution is 1.12. The van der Waals surface area contributed by atoms with E-state index in [9.17, 15) is 0 Å². The maximum atomic E-state index is 3.01. The molecule has 0 nitrogen and oxygen atoms in total. The van der Waals surface area contributed by atoms with Gasteiger partial charge in [-0.1, -0.05) is 47.7 Å². The molecule has 1 rings (SSSR count). The molecule has 0 aromatic rings. The second kappa shape index (κ2) is 10.8. The van der Waals surface area contributed by atoms with Crippen molar-refractivity contribution < 1.29 is 0 Å². The molecule has 0 unspecified atom stereocenters. The molecule has 0 saturated carbocycles. The third-order valence-corrected chi connectivity index (χ3v) is 1.78. The van der Waals surface area contributed by atoms with E-state index in [0.717, 1.165) is 25.7 Å². The van der Waals surface area contributed by atoms with E-state index in [0.29, 0.717) is 0 Å². The Morgan fingerprint density at radius 1 is 0.500 bits per heavy atom. The Balaban J connectivity index is 2.65. The van der Waals surface area contributed by atoms with Gasteiger partial charge in [-0.15, -0.1) is 0 Å². The zero-order valence-corrected chi connectivity index (χ0v) is 10.1. The van der Waals surface area contributed by atoms with E-state index >= 15 is 0 Å². The minimum atomic E-state index is 0.735. The smallest absolute Gasteiger partial charge is 0.0209 e. The summed E-state index contributed by atoms with van der Waals surface area (Å²) >= 11 is 0. The number of hydrogen-bond acceptors (Lipinski definition) is 0. The van der Waals surface area contributed by atoms with Crippen molar-refractivity contribution in [2.24, 2.45) is 0 Å². The van der Waals surface area contributed by atoms with Crippen molar-refractivity contribution in [3.8, 4) is 59.2 Å². The molecule has 0 spiro atoms. The van der Waals surface area contributed by atoms with Gasteiger partial charge in [0.15, 0.2) is 0 Å². The molecular weight excluding hydrogens is 216 g/mol. The van der Waals surface area contributed by atoms with E-state index < -0.39 is 0 Å². The standard InChI is InChI=1S/C18H12/c1-2-4-6-8-10-12-14-16-18-17-15-13-11-9-7-5-3-1/h1-4H,9,11,14,16H2/b3-1+,4-2-. The molecule has 0 atom stereocenters. The first-order valence-electron chi connectivity index (χ1n) is 5.74. The molecule has 1 aliphatic carbocycles. The first-order chi connectivity index (χ1) is 9.00. The Morgan fingerprint density at radius 2 is 1.00 bits per heavy atom. The van der Waals surface area contributed by atoms with Gasteiger partial charge in [-0.2, -0.15) is 0 Å². The van der Waals surface area contributed by atoms with Gasteiger partial charge >= 0.3 is 0 Å². The third kappa shape index (κ3) is 8.58. The molecule has 0 aromatic carbocycles. The number of hydrogen-bond donors (Lipinski definition) is 0. The topological polar surface area (TPSA) is 0 Å². The largest absolute Gasteiger partial charge is 0.0975 e. The van der Waals surface area contributed by atoms with Crippen molar-refractivity contribution >= 4 is 0 Å². The van der Waals surface area contributed by atoms with Crippen LogP contribution < -0.4 is 0 Å². The summed E-state index contributed by atoms with van der Waals surface area (Å²) in [6, 6.07) is 0. The van der Waals surface area contributed by atoms with Gasteiger partial charge in [0.05, 0.1) is 0 Å². The van der Waals surface area contributed by atoms with Crippen LogP contribution in [0.25, 0.3) is 0 Å². The third-order valence-electron chi connectivity index (χ3n) is 1.78. The first kappa shape index (κ1) is 13.3. The summed E-state index contributed by atoms with van der Waals surface area (Å²) in [6.07, 6.45) is 10.2. The summed E-state index contributed by atoms with van der Waals surface area (Å²) in [5, 5.41) is 0. The molecule has 0 aromatic heterocycles. The van der Waals surface area contributed by atoms with Crippen LogP contribution >= 0.6 is 0 Å². The monoisotopic (exact) mass is 228 g/mol. The minimum Gasteiger partial charge on any atom is -0.0975 e. The van der Waals surface area contributed by atoms with E-state index in [1.54, 1.807) is 12.2 Å². The van der Waals surface area contributed by atoms with Gasteiger partial charge in [0.1, 0.15) is 0 Å². The van der Waals surface area contributed by atoms with E-state index in [2.05, 4.69) is 59.2 Å². The summed E-state index contributed by atoms with van der Waals surface area (Å²) in [6.45, 7) is 0. The van der Waals surface area contributed by atoms with Crippen LogP contribution in [0.15, 0.2) is 24.3 Å². The fourth-order valence-electron chi connectivity index (χ4n) is 0.986. The van der Waals surface area contributed by atoms with Gasteiger partial charge in [0.2, 0.25) is 0 Å². The Labute approximate surface area is 110 Å². The van der Waals surface area contributed by atoms with Crippen molar-refractivity contribution in [2.75, 3.05) is 0 Å². The molecular formula is C18H12. The second-order valence-electron chi connectivity index (χ2n) is 3.21. The summed E-state index contributed by atoms with van der Waals surface area (Å²) < 4.78 is 0. The maximum Gasteiger partial charge on any atom is 0.0209 e.